The van der Waals surface area contributed by atoms with Crippen LogP contribution in [-0.4, -0.2) is 28.7 Å². The lowest BCUT2D eigenvalue weighted by Crippen LogP contribution is -2.38. The first-order valence-electron chi connectivity index (χ1n) is 4.68. The van der Waals surface area contributed by atoms with Crippen LogP contribution < -0.4 is 0 Å². The summed E-state index contributed by atoms with van der Waals surface area (Å²) < 4.78 is 5.81. The largest absolute Gasteiger partial charge is 0.444 e. The van der Waals surface area contributed by atoms with Crippen molar-refractivity contribution in [2.75, 3.05) is 11.9 Å². The maximum atomic E-state index is 12.0. The first-order chi connectivity index (χ1) is 7.06. The van der Waals surface area contributed by atoms with Crippen molar-refractivity contribution in [1.29, 1.82) is 0 Å². The smallest absolute Gasteiger partial charge is 0.289 e. The van der Waals surface area contributed by atoms with Crippen LogP contribution in [0.25, 0.3) is 0 Å². The second-order valence-electron chi connectivity index (χ2n) is 3.39. The minimum absolute atomic E-state index is 0.0739. The quantitative estimate of drug-likeness (QED) is 0.789. The Kier molecular flexibility index (Phi) is 4.86. The summed E-state index contributed by atoms with van der Waals surface area (Å²) in [6.45, 7) is 4.64. The zero-order valence-electron chi connectivity index (χ0n) is 8.67. The highest BCUT2D eigenvalue weighted by molar-refractivity contribution is 9.10. The van der Waals surface area contributed by atoms with Crippen molar-refractivity contribution in [2.24, 2.45) is 0 Å². The second-order valence-corrected chi connectivity index (χ2v) is 4.96. The summed E-state index contributed by atoms with van der Waals surface area (Å²) >= 11 is 6.51. The number of halogens is 2. The van der Waals surface area contributed by atoms with Gasteiger partial charge in [-0.2, -0.15) is 0 Å². The Balaban J connectivity index is 2.80. The van der Waals surface area contributed by atoms with E-state index in [-0.39, 0.29) is 11.9 Å². The van der Waals surface area contributed by atoms with Crippen molar-refractivity contribution in [1.82, 2.24) is 4.90 Å². The molecule has 1 rings (SSSR count). The first-order valence-corrected chi connectivity index (χ1v) is 6.60. The van der Waals surface area contributed by atoms with Crippen LogP contribution in [0.4, 0.5) is 0 Å². The van der Waals surface area contributed by atoms with Gasteiger partial charge in [0, 0.05) is 17.9 Å². The van der Waals surface area contributed by atoms with E-state index < -0.39 is 0 Å². The van der Waals surface area contributed by atoms with Crippen LogP contribution in [0.1, 0.15) is 24.4 Å². The molecule has 1 heterocycles. The van der Waals surface area contributed by atoms with Gasteiger partial charge in [-0.25, -0.2) is 0 Å². The maximum Gasteiger partial charge on any atom is 0.289 e. The average Bonchev–Trinajstić information content (AvgIpc) is 2.59. The lowest BCUT2D eigenvalue weighted by molar-refractivity contribution is 0.0685. The maximum absolute atomic E-state index is 12.0. The topological polar surface area (TPSA) is 33.5 Å². The molecule has 5 heteroatoms. The standard InChI is InChI=1S/C10H13Br2NO2/c1-7(2)13(6-5-11)10(14)8-3-4-9(12)15-8/h3-4,7H,5-6H2,1-2H3. The highest BCUT2D eigenvalue weighted by atomic mass is 79.9. The van der Waals surface area contributed by atoms with Crippen LogP contribution in [0.5, 0.6) is 0 Å². The van der Waals surface area contributed by atoms with Crippen molar-refractivity contribution in [3.8, 4) is 0 Å². The first kappa shape index (κ1) is 12.8. The summed E-state index contributed by atoms with van der Waals surface area (Å²) in [4.78, 5) is 13.7. The predicted octanol–water partition coefficient (Wildman–Crippen LogP) is 3.29. The molecule has 3 nitrogen and oxygen atoms in total. The average molecular weight is 339 g/mol. The van der Waals surface area contributed by atoms with Crippen LogP contribution in [0, 0.1) is 0 Å². The molecule has 84 valence electrons. The van der Waals surface area contributed by atoms with E-state index in [4.69, 9.17) is 4.42 Å². The summed E-state index contributed by atoms with van der Waals surface area (Å²) in [5.41, 5.74) is 0. The molecule has 1 aromatic rings. The van der Waals surface area contributed by atoms with Crippen molar-refractivity contribution in [2.45, 2.75) is 19.9 Å². The Labute approximate surface area is 106 Å². The van der Waals surface area contributed by atoms with E-state index in [1.54, 1.807) is 17.0 Å². The van der Waals surface area contributed by atoms with Gasteiger partial charge in [-0.15, -0.1) is 0 Å². The van der Waals surface area contributed by atoms with Gasteiger partial charge in [0.1, 0.15) is 0 Å². The van der Waals surface area contributed by atoms with E-state index >= 15 is 0 Å². The SMILES string of the molecule is CC(C)N(CCBr)C(=O)c1ccc(Br)o1. The van der Waals surface area contributed by atoms with E-state index in [2.05, 4.69) is 31.9 Å². The molecule has 1 amide bonds. The number of carbonyl (C=O) groups is 1. The molecule has 0 aliphatic carbocycles. The minimum Gasteiger partial charge on any atom is -0.444 e. The number of amides is 1. The second kappa shape index (κ2) is 5.70. The van der Waals surface area contributed by atoms with Gasteiger partial charge < -0.3 is 9.32 Å². The van der Waals surface area contributed by atoms with Gasteiger partial charge in [0.25, 0.3) is 5.91 Å². The Morgan fingerprint density at radius 3 is 2.60 bits per heavy atom. The normalized spacial score (nSPS) is 10.7. The van der Waals surface area contributed by atoms with Crippen molar-refractivity contribution in [3.63, 3.8) is 0 Å². The third kappa shape index (κ3) is 3.34. The number of rotatable bonds is 4. The van der Waals surface area contributed by atoms with Gasteiger partial charge in [-0.05, 0) is 41.9 Å². The van der Waals surface area contributed by atoms with E-state index in [0.717, 1.165) is 5.33 Å². The molecule has 0 saturated carbocycles. The van der Waals surface area contributed by atoms with Gasteiger partial charge in [0.05, 0.1) is 0 Å². The molecule has 0 aliphatic rings. The lowest BCUT2D eigenvalue weighted by Gasteiger charge is -2.24. The molecule has 0 saturated heterocycles. The molecule has 0 bridgehead atoms. The summed E-state index contributed by atoms with van der Waals surface area (Å²) in [7, 11) is 0. The molecule has 0 unspecified atom stereocenters. The summed E-state index contributed by atoms with van der Waals surface area (Å²) in [6.07, 6.45) is 0. The van der Waals surface area contributed by atoms with E-state index in [1.807, 2.05) is 13.8 Å². The highest BCUT2D eigenvalue weighted by Crippen LogP contribution is 2.16. The van der Waals surface area contributed by atoms with Crippen LogP contribution in [0.15, 0.2) is 21.2 Å². The van der Waals surface area contributed by atoms with Crippen LogP contribution in [-0.2, 0) is 0 Å². The summed E-state index contributed by atoms with van der Waals surface area (Å²) in [6, 6.07) is 3.56. The third-order valence-corrected chi connectivity index (χ3v) is 2.77. The Hall–Kier alpha value is -0.290. The number of nitrogens with zero attached hydrogens (tertiary/aromatic N) is 1. The van der Waals surface area contributed by atoms with Gasteiger partial charge in [0.2, 0.25) is 0 Å². The van der Waals surface area contributed by atoms with E-state index in [0.29, 0.717) is 17.0 Å². The molecule has 15 heavy (non-hydrogen) atoms. The monoisotopic (exact) mass is 337 g/mol. The molecule has 0 spiro atoms. The van der Waals surface area contributed by atoms with Crippen molar-refractivity contribution >= 4 is 37.8 Å². The Morgan fingerprint density at radius 1 is 1.53 bits per heavy atom. The van der Waals surface area contributed by atoms with Gasteiger partial charge in [-0.1, -0.05) is 15.9 Å². The number of furan rings is 1. The van der Waals surface area contributed by atoms with E-state index in [1.165, 1.54) is 0 Å². The number of carbonyl (C=O) groups excluding carboxylic acids is 1. The molecule has 0 atom stereocenters. The fourth-order valence-corrected chi connectivity index (χ4v) is 1.94. The third-order valence-electron chi connectivity index (χ3n) is 1.99. The molecule has 0 aliphatic heterocycles. The van der Waals surface area contributed by atoms with Gasteiger partial charge in [0.15, 0.2) is 10.4 Å². The molecule has 0 fully saturated rings. The molecule has 1 aromatic heterocycles. The Morgan fingerprint density at radius 2 is 2.20 bits per heavy atom. The lowest BCUT2D eigenvalue weighted by atomic mass is 10.3. The fraction of sp³-hybridized carbons (Fsp3) is 0.500. The molecule has 0 aromatic carbocycles. The number of alkyl halides is 1. The Bertz CT molecular complexity index is 336. The van der Waals surface area contributed by atoms with E-state index in [9.17, 15) is 4.79 Å². The predicted molar refractivity (Wildman–Crippen MR) is 66.4 cm³/mol. The van der Waals surface area contributed by atoms with Gasteiger partial charge in [-0.3, -0.25) is 4.79 Å². The van der Waals surface area contributed by atoms with Crippen molar-refractivity contribution in [3.05, 3.63) is 22.6 Å². The van der Waals surface area contributed by atoms with Gasteiger partial charge >= 0.3 is 0 Å². The summed E-state index contributed by atoms with van der Waals surface area (Å²) in [5, 5.41) is 0.763. The van der Waals surface area contributed by atoms with Crippen LogP contribution in [0.3, 0.4) is 0 Å². The zero-order chi connectivity index (χ0) is 11.4. The van der Waals surface area contributed by atoms with Crippen LogP contribution >= 0.6 is 31.9 Å². The molecular formula is C10H13Br2NO2. The van der Waals surface area contributed by atoms with Crippen LogP contribution in [0.2, 0.25) is 0 Å². The number of hydrogen-bond acceptors (Lipinski definition) is 2. The molecular weight excluding hydrogens is 326 g/mol. The fourth-order valence-electron chi connectivity index (χ4n) is 1.26. The van der Waals surface area contributed by atoms with Crippen molar-refractivity contribution < 1.29 is 9.21 Å². The minimum atomic E-state index is -0.0739. The molecule has 0 N–H and O–H groups in total. The summed E-state index contributed by atoms with van der Waals surface area (Å²) in [5.74, 6) is 0.298. The highest BCUT2D eigenvalue weighted by Gasteiger charge is 2.20. The number of hydrogen-bond donors (Lipinski definition) is 0. The zero-order valence-corrected chi connectivity index (χ0v) is 11.8. The molecule has 0 radical (unpaired) electrons.